The summed E-state index contributed by atoms with van der Waals surface area (Å²) in [7, 11) is -1.43. The summed E-state index contributed by atoms with van der Waals surface area (Å²) in [5, 5.41) is -0.450. The van der Waals surface area contributed by atoms with Gasteiger partial charge in [0.25, 0.3) is 5.56 Å². The minimum Gasteiger partial charge on any atom is -0.407 e. The molecule has 2 aliphatic heterocycles. The van der Waals surface area contributed by atoms with Gasteiger partial charge in [0.2, 0.25) is 5.95 Å². The minimum atomic E-state index is -2.83. The van der Waals surface area contributed by atoms with Gasteiger partial charge in [0.15, 0.2) is 25.7 Å². The van der Waals surface area contributed by atoms with Gasteiger partial charge in [0.1, 0.15) is 18.3 Å². The quantitative estimate of drug-likeness (QED) is 0.221. The molecule has 0 amide bonds. The first-order valence-corrected chi connectivity index (χ1v) is 19.8. The second-order valence-corrected chi connectivity index (χ2v) is 25.1. The van der Waals surface area contributed by atoms with Crippen molar-refractivity contribution in [1.82, 2.24) is 24.0 Å². The molecule has 0 N–H and O–H groups in total. The van der Waals surface area contributed by atoms with Gasteiger partial charge in [-0.15, -0.1) is 0 Å². The monoisotopic (exact) mass is 632 g/mol. The summed E-state index contributed by atoms with van der Waals surface area (Å²) in [6.45, 7) is 28.9. The fourth-order valence-electron chi connectivity index (χ4n) is 5.92. The van der Waals surface area contributed by atoms with Gasteiger partial charge < -0.3 is 22.9 Å². The van der Waals surface area contributed by atoms with Gasteiger partial charge in [-0.3, -0.25) is 13.9 Å². The van der Waals surface area contributed by atoms with Crippen molar-refractivity contribution in [3.8, 4) is 0 Å². The van der Waals surface area contributed by atoms with E-state index in [1.54, 1.807) is 24.0 Å². The number of aromatic nitrogens is 4. The van der Waals surface area contributed by atoms with Gasteiger partial charge in [-0.2, -0.15) is 4.98 Å². The molecule has 0 unspecified atom stereocenters. The average Bonchev–Trinajstić information content (AvgIpc) is 3.43. The molecule has 0 aliphatic carbocycles. The number of hydrogen-bond acceptors (Lipinski definition) is 8. The summed E-state index contributed by atoms with van der Waals surface area (Å²) >= 11 is 0. The first-order chi connectivity index (χ1) is 19.6. The van der Waals surface area contributed by atoms with Crippen LogP contribution in [0.1, 0.15) is 68.5 Å². The molecular weight excluding hydrogens is 581 g/mol. The largest absolute Gasteiger partial charge is 0.407 e. The van der Waals surface area contributed by atoms with Gasteiger partial charge in [0, 0.05) is 30.7 Å². The molecule has 43 heavy (non-hydrogen) atoms. The lowest BCUT2D eigenvalue weighted by atomic mass is 10.1. The molecular formula is C30H52N6O5Si2. The lowest BCUT2D eigenvalue weighted by Gasteiger charge is -2.54. The van der Waals surface area contributed by atoms with E-state index in [9.17, 15) is 4.79 Å². The van der Waals surface area contributed by atoms with Crippen LogP contribution in [0.5, 0.6) is 0 Å². The molecule has 13 heteroatoms. The molecule has 2 radical (unpaired) electrons. The number of nitrogens with zero attached hydrogens (tertiary/aromatic N) is 6. The Morgan fingerprint density at radius 3 is 2.33 bits per heavy atom. The topological polar surface area (TPSA) is 105 Å². The first-order valence-electron chi connectivity index (χ1n) is 15.1. The summed E-state index contributed by atoms with van der Waals surface area (Å²) in [6.07, 6.45) is 3.08. The molecule has 0 aromatic carbocycles. The molecule has 2 aromatic heterocycles. The molecule has 2 fully saturated rings. The van der Waals surface area contributed by atoms with Crippen molar-refractivity contribution in [2.45, 2.75) is 122 Å². The minimum absolute atomic E-state index is 0.0505. The van der Waals surface area contributed by atoms with Crippen molar-refractivity contribution in [2.24, 2.45) is 4.99 Å². The van der Waals surface area contributed by atoms with Gasteiger partial charge >= 0.3 is 8.56 Å². The van der Waals surface area contributed by atoms with Crippen molar-refractivity contribution in [1.29, 1.82) is 0 Å². The summed E-state index contributed by atoms with van der Waals surface area (Å²) in [6, 6.07) is 0. The van der Waals surface area contributed by atoms with Gasteiger partial charge in [-0.1, -0.05) is 62.3 Å². The Bertz CT molecular complexity index is 1390. The van der Waals surface area contributed by atoms with Crippen molar-refractivity contribution >= 4 is 40.3 Å². The summed E-state index contributed by atoms with van der Waals surface area (Å²) in [5.41, 5.74) is 0.332. The highest BCUT2D eigenvalue weighted by atomic mass is 28.4. The molecule has 4 heterocycles. The fraction of sp³-hybridized carbons (Fsp3) is 0.733. The third-order valence-electron chi connectivity index (χ3n) is 8.90. The zero-order chi connectivity index (χ0) is 32.3. The number of hydrogen-bond donors (Lipinski definition) is 0. The van der Waals surface area contributed by atoms with E-state index in [0.717, 1.165) is 0 Å². The molecule has 11 nitrogen and oxygen atoms in total. The summed E-state index contributed by atoms with van der Waals surface area (Å²) in [5.74, 6) is 0.261. The molecule has 4 rings (SSSR count). The summed E-state index contributed by atoms with van der Waals surface area (Å²) in [4.78, 5) is 29.3. The van der Waals surface area contributed by atoms with E-state index in [4.69, 9.17) is 23.0 Å². The van der Waals surface area contributed by atoms with Crippen molar-refractivity contribution in [2.75, 3.05) is 20.7 Å². The fourth-order valence-corrected chi connectivity index (χ4v) is 12.2. The number of ether oxygens (including phenoxy) is 1. The van der Waals surface area contributed by atoms with E-state index in [0.29, 0.717) is 12.3 Å². The summed E-state index contributed by atoms with van der Waals surface area (Å²) < 4.78 is 31.2. The highest BCUT2D eigenvalue weighted by Crippen LogP contribution is 2.56. The van der Waals surface area contributed by atoms with Crippen LogP contribution in [0, 0.1) is 13.3 Å². The predicted octanol–water partition coefficient (Wildman–Crippen LogP) is 5.60. The molecule has 0 spiro atoms. The van der Waals surface area contributed by atoms with Crippen LogP contribution in [0.15, 0.2) is 16.1 Å². The van der Waals surface area contributed by atoms with E-state index in [1.807, 2.05) is 18.7 Å². The predicted molar refractivity (Wildman–Crippen MR) is 175 cm³/mol. The van der Waals surface area contributed by atoms with Crippen molar-refractivity contribution < 1.29 is 18.0 Å². The molecule has 0 saturated carbocycles. The standard InChI is InChI=1S/C30H52N6O5Si2/c1-15-16-35-25(37)21-24(33-27(35)32-18-34(11)12)36(19-31-21)26-23(40-42(13,14)28(2,3)4)22-20(39-26)17-38-43(41-22,29(5,6)7)30(8,9)10/h15,18-20,22-23,26H,1,16-17H2,2-14H3/b32-18+/t20-,22-,23-,26-/m1/s1. The lowest BCUT2D eigenvalue weighted by molar-refractivity contribution is -0.0795. The Morgan fingerprint density at radius 2 is 1.79 bits per heavy atom. The van der Waals surface area contributed by atoms with Gasteiger partial charge in [0.05, 0.1) is 19.3 Å². The molecule has 2 aromatic rings. The zero-order valence-electron chi connectivity index (χ0n) is 28.4. The van der Waals surface area contributed by atoms with E-state index < -0.39 is 29.2 Å². The third kappa shape index (κ3) is 6.05. The van der Waals surface area contributed by atoms with Crippen LogP contribution < -0.4 is 5.56 Å². The Balaban J connectivity index is 1.89. The van der Waals surface area contributed by atoms with E-state index in [-0.39, 0.29) is 50.9 Å². The van der Waals surface area contributed by atoms with Crippen LogP contribution in [0.4, 0.5) is 5.95 Å². The van der Waals surface area contributed by atoms with E-state index >= 15 is 0 Å². The van der Waals surface area contributed by atoms with Gasteiger partial charge in [-0.25, -0.2) is 9.98 Å². The number of aliphatic imine (C=N–C) groups is 1. The van der Waals surface area contributed by atoms with Crippen LogP contribution in [0.3, 0.4) is 0 Å². The highest BCUT2D eigenvalue weighted by Gasteiger charge is 2.66. The smallest absolute Gasteiger partial charge is 0.349 e. The van der Waals surface area contributed by atoms with Crippen molar-refractivity contribution in [3.63, 3.8) is 0 Å². The van der Waals surface area contributed by atoms with Crippen LogP contribution >= 0.6 is 0 Å². The molecule has 2 saturated heterocycles. The van der Waals surface area contributed by atoms with Crippen molar-refractivity contribution in [3.05, 3.63) is 30.0 Å². The Hall–Kier alpha value is -1.91. The molecule has 4 atom stereocenters. The van der Waals surface area contributed by atoms with Gasteiger partial charge in [-0.05, 0) is 31.5 Å². The SMILES string of the molecule is [CH2][CH]Cn1c(/N=C/N(C)C)nc2c(ncn2[C@@H]2O[C@@H]3CO[Si](C(C)(C)C)(C(C)(C)C)O[C@H]3[C@H]2O[Si](C)(C)C(C)(C)C)c1=O. The molecule has 2 aliphatic rings. The number of imidazole rings is 1. The maximum Gasteiger partial charge on any atom is 0.349 e. The molecule has 0 bridgehead atoms. The maximum absolute atomic E-state index is 13.6. The highest BCUT2D eigenvalue weighted by molar-refractivity contribution is 6.74. The van der Waals surface area contributed by atoms with Crippen LogP contribution in [0.2, 0.25) is 28.2 Å². The first kappa shape index (κ1) is 34.0. The normalized spacial score (nSPS) is 25.1. The third-order valence-corrected chi connectivity index (χ3v) is 18.5. The average molecular weight is 633 g/mol. The Labute approximate surface area is 259 Å². The number of rotatable bonds is 7. The zero-order valence-corrected chi connectivity index (χ0v) is 30.4. The second kappa shape index (κ2) is 11.5. The second-order valence-electron chi connectivity index (χ2n) is 15.6. The van der Waals surface area contributed by atoms with Crippen LogP contribution in [-0.2, 0) is 24.6 Å². The van der Waals surface area contributed by atoms with E-state index in [2.05, 4.69) is 92.3 Å². The lowest BCUT2D eigenvalue weighted by Crippen LogP contribution is -2.66. The molecule has 240 valence electrons. The van der Waals surface area contributed by atoms with E-state index in [1.165, 1.54) is 4.57 Å². The Morgan fingerprint density at radius 1 is 1.16 bits per heavy atom. The van der Waals surface area contributed by atoms with Crippen LogP contribution in [-0.4, -0.2) is 86.2 Å². The number of fused-ring (bicyclic) bond motifs is 2. The maximum atomic E-state index is 13.6. The van der Waals surface area contributed by atoms with Crippen LogP contribution in [0.25, 0.3) is 11.2 Å². The Kier molecular flexibility index (Phi) is 9.06.